The Balaban J connectivity index is 1.69. The number of pyridine rings is 1. The minimum absolute atomic E-state index is 0.0853. The summed E-state index contributed by atoms with van der Waals surface area (Å²) in [6.45, 7) is 5.80. The molecular weight excluding hydrogens is 434 g/mol. The normalized spacial score (nSPS) is 12.2. The van der Waals surface area contributed by atoms with E-state index in [0.29, 0.717) is 15.6 Å². The Labute approximate surface area is 189 Å². The molecule has 150 valence electrons. The zero-order valence-electron chi connectivity index (χ0n) is 16.7. The smallest absolute Gasteiger partial charge is 0.242 e. The first-order chi connectivity index (χ1) is 14.4. The van der Waals surface area contributed by atoms with Crippen molar-refractivity contribution >= 4 is 52.4 Å². The van der Waals surface area contributed by atoms with E-state index in [1.54, 1.807) is 16.7 Å². The van der Waals surface area contributed by atoms with Crippen LogP contribution >= 0.6 is 35.1 Å². The first-order valence-electron chi connectivity index (χ1n) is 9.30. The fourth-order valence-electron chi connectivity index (χ4n) is 3.34. The molecule has 1 aliphatic rings. The number of aryl methyl sites for hydroxylation is 1. The Kier molecular flexibility index (Phi) is 5.79. The summed E-state index contributed by atoms with van der Waals surface area (Å²) in [6.07, 6.45) is 0. The van der Waals surface area contributed by atoms with Crippen molar-refractivity contribution in [3.05, 3.63) is 69.9 Å². The van der Waals surface area contributed by atoms with Crippen molar-refractivity contribution in [2.75, 3.05) is 10.7 Å². The lowest BCUT2D eigenvalue weighted by Crippen LogP contribution is -2.30. The van der Waals surface area contributed by atoms with Gasteiger partial charge >= 0.3 is 0 Å². The SMILES string of the molecule is Cc1nc(SCC(=O)N2c3ccccc3Sc3ccc(Cl)cc32)c(C#N)c(C)c1C. The number of anilines is 2. The van der Waals surface area contributed by atoms with Crippen molar-refractivity contribution in [1.29, 1.82) is 5.26 Å². The number of nitriles is 1. The Morgan fingerprint density at radius 3 is 2.63 bits per heavy atom. The van der Waals surface area contributed by atoms with E-state index in [0.717, 1.165) is 38.0 Å². The molecule has 2 aromatic carbocycles. The Hall–Kier alpha value is -2.46. The van der Waals surface area contributed by atoms with Crippen LogP contribution in [-0.2, 0) is 4.79 Å². The van der Waals surface area contributed by atoms with Crippen LogP contribution in [0.2, 0.25) is 5.02 Å². The van der Waals surface area contributed by atoms with E-state index in [4.69, 9.17) is 11.6 Å². The number of thioether (sulfide) groups is 1. The molecule has 4 rings (SSSR count). The average molecular weight is 452 g/mol. The van der Waals surface area contributed by atoms with Crippen molar-refractivity contribution in [2.24, 2.45) is 0 Å². The van der Waals surface area contributed by atoms with Gasteiger partial charge in [-0.3, -0.25) is 9.69 Å². The molecule has 0 unspecified atom stereocenters. The van der Waals surface area contributed by atoms with Crippen LogP contribution in [0.4, 0.5) is 11.4 Å². The number of fused-ring (bicyclic) bond motifs is 2. The second-order valence-electron chi connectivity index (χ2n) is 6.94. The van der Waals surface area contributed by atoms with E-state index in [9.17, 15) is 10.1 Å². The maximum Gasteiger partial charge on any atom is 0.242 e. The molecule has 3 aromatic rings. The summed E-state index contributed by atoms with van der Waals surface area (Å²) in [5.74, 6) is 0.0759. The van der Waals surface area contributed by atoms with Gasteiger partial charge in [-0.15, -0.1) is 0 Å². The maximum absolute atomic E-state index is 13.4. The van der Waals surface area contributed by atoms with Crippen molar-refractivity contribution < 1.29 is 4.79 Å². The minimum atomic E-state index is -0.0853. The van der Waals surface area contributed by atoms with Gasteiger partial charge in [0.15, 0.2) is 0 Å². The number of hydrogen-bond acceptors (Lipinski definition) is 5. The molecule has 0 N–H and O–H groups in total. The molecule has 0 spiro atoms. The third-order valence-corrected chi connectivity index (χ3v) is 7.47. The molecule has 0 saturated carbocycles. The van der Waals surface area contributed by atoms with Crippen LogP contribution in [0.25, 0.3) is 0 Å². The van der Waals surface area contributed by atoms with Gasteiger partial charge in [-0.1, -0.05) is 47.3 Å². The first kappa shape index (κ1) is 20.8. The Morgan fingerprint density at radius 1 is 1.13 bits per heavy atom. The molecule has 30 heavy (non-hydrogen) atoms. The highest BCUT2D eigenvalue weighted by Crippen LogP contribution is 2.49. The fraction of sp³-hybridized carbons (Fsp3) is 0.174. The van der Waals surface area contributed by atoms with Crippen LogP contribution in [0.15, 0.2) is 57.3 Å². The lowest BCUT2D eigenvalue weighted by Gasteiger charge is -2.31. The van der Waals surface area contributed by atoms with E-state index in [1.165, 1.54) is 11.8 Å². The Bertz CT molecular complexity index is 1220. The summed E-state index contributed by atoms with van der Waals surface area (Å²) in [5, 5.41) is 10.8. The molecule has 0 fully saturated rings. The van der Waals surface area contributed by atoms with Crippen LogP contribution in [-0.4, -0.2) is 16.6 Å². The second-order valence-corrected chi connectivity index (χ2v) is 9.42. The summed E-state index contributed by atoms with van der Waals surface area (Å²) in [4.78, 5) is 21.7. The van der Waals surface area contributed by atoms with E-state index in [-0.39, 0.29) is 11.7 Å². The predicted octanol–water partition coefficient (Wildman–Crippen LogP) is 6.45. The molecule has 4 nitrogen and oxygen atoms in total. The standard InChI is InChI=1S/C23H18ClN3OS2/c1-13-14(2)17(11-25)23(26-15(13)3)29-12-22(28)27-18-6-4-5-7-20(18)30-21-9-8-16(24)10-19(21)27/h4-10H,12H2,1-3H3. The van der Waals surface area contributed by atoms with Crippen molar-refractivity contribution in [1.82, 2.24) is 4.98 Å². The van der Waals surface area contributed by atoms with E-state index in [1.807, 2.05) is 63.2 Å². The summed E-state index contributed by atoms with van der Waals surface area (Å²) in [6, 6.07) is 15.7. The third-order valence-electron chi connectivity index (χ3n) is 5.14. The molecule has 0 bridgehead atoms. The summed E-state index contributed by atoms with van der Waals surface area (Å²) in [7, 11) is 0. The Morgan fingerprint density at radius 2 is 1.87 bits per heavy atom. The number of para-hydroxylation sites is 1. The lowest BCUT2D eigenvalue weighted by molar-refractivity contribution is -0.115. The van der Waals surface area contributed by atoms with Crippen molar-refractivity contribution in [3.63, 3.8) is 0 Å². The molecule has 0 radical (unpaired) electrons. The van der Waals surface area contributed by atoms with Gasteiger partial charge in [-0.25, -0.2) is 4.98 Å². The van der Waals surface area contributed by atoms with Gasteiger partial charge < -0.3 is 0 Å². The van der Waals surface area contributed by atoms with E-state index < -0.39 is 0 Å². The minimum Gasteiger partial charge on any atom is -0.278 e. The number of benzene rings is 2. The number of hydrogen-bond donors (Lipinski definition) is 0. The van der Waals surface area contributed by atoms with Crippen LogP contribution in [0.5, 0.6) is 0 Å². The summed E-state index contributed by atoms with van der Waals surface area (Å²) < 4.78 is 0. The lowest BCUT2D eigenvalue weighted by atomic mass is 10.1. The predicted molar refractivity (Wildman–Crippen MR) is 123 cm³/mol. The van der Waals surface area contributed by atoms with Gasteiger partial charge in [0, 0.05) is 20.5 Å². The van der Waals surface area contributed by atoms with Crippen LogP contribution in [0.1, 0.15) is 22.4 Å². The van der Waals surface area contributed by atoms with Gasteiger partial charge in [-0.2, -0.15) is 5.26 Å². The first-order valence-corrected chi connectivity index (χ1v) is 11.5. The van der Waals surface area contributed by atoms with Crippen molar-refractivity contribution in [2.45, 2.75) is 35.6 Å². The average Bonchev–Trinajstić information content (AvgIpc) is 2.74. The highest BCUT2D eigenvalue weighted by molar-refractivity contribution is 8.00. The topological polar surface area (TPSA) is 57.0 Å². The number of aromatic nitrogens is 1. The van der Waals surface area contributed by atoms with E-state index in [2.05, 4.69) is 11.1 Å². The second kappa shape index (κ2) is 8.35. The molecule has 1 aromatic heterocycles. The van der Waals surface area contributed by atoms with E-state index >= 15 is 0 Å². The summed E-state index contributed by atoms with van der Waals surface area (Å²) >= 11 is 9.16. The molecular formula is C23H18ClN3OS2. The zero-order chi connectivity index (χ0) is 21.4. The number of rotatable bonds is 3. The molecule has 2 heterocycles. The zero-order valence-corrected chi connectivity index (χ0v) is 19.1. The fourth-order valence-corrected chi connectivity index (χ4v) is 5.48. The summed E-state index contributed by atoms with van der Waals surface area (Å²) in [5.41, 5.74) is 4.95. The third kappa shape index (κ3) is 3.69. The highest BCUT2D eigenvalue weighted by atomic mass is 35.5. The van der Waals surface area contributed by atoms with Gasteiger partial charge in [0.1, 0.15) is 11.1 Å². The number of amides is 1. The number of nitrogens with zero attached hydrogens (tertiary/aromatic N) is 3. The highest BCUT2D eigenvalue weighted by Gasteiger charge is 2.28. The molecule has 0 aliphatic carbocycles. The van der Waals surface area contributed by atoms with Gasteiger partial charge in [0.25, 0.3) is 0 Å². The number of halogens is 1. The molecule has 7 heteroatoms. The quantitative estimate of drug-likeness (QED) is 0.428. The van der Waals surface area contributed by atoms with Gasteiger partial charge in [-0.05, 0) is 62.2 Å². The number of carbonyl (C=O) groups excluding carboxylic acids is 1. The molecule has 0 saturated heterocycles. The largest absolute Gasteiger partial charge is 0.278 e. The molecule has 1 amide bonds. The van der Waals surface area contributed by atoms with Crippen LogP contribution in [0.3, 0.4) is 0 Å². The molecule has 0 atom stereocenters. The van der Waals surface area contributed by atoms with Crippen LogP contribution in [0, 0.1) is 32.1 Å². The van der Waals surface area contributed by atoms with Gasteiger partial charge in [0.2, 0.25) is 5.91 Å². The molecule has 1 aliphatic heterocycles. The van der Waals surface area contributed by atoms with Crippen molar-refractivity contribution in [3.8, 4) is 6.07 Å². The maximum atomic E-state index is 13.4. The van der Waals surface area contributed by atoms with Gasteiger partial charge in [0.05, 0.1) is 22.7 Å². The van der Waals surface area contributed by atoms with Crippen LogP contribution < -0.4 is 4.90 Å². The monoisotopic (exact) mass is 451 g/mol. The number of carbonyl (C=O) groups is 1.